The third kappa shape index (κ3) is 5.42. The van der Waals surface area contributed by atoms with E-state index in [4.69, 9.17) is 11.6 Å². The maximum absolute atomic E-state index is 13.3. The van der Waals surface area contributed by atoms with Crippen LogP contribution in [0.2, 0.25) is 5.02 Å². The molecule has 0 saturated carbocycles. The summed E-state index contributed by atoms with van der Waals surface area (Å²) >= 11 is 6.08. The summed E-state index contributed by atoms with van der Waals surface area (Å²) in [7, 11) is -4.02. The highest BCUT2D eigenvalue weighted by Crippen LogP contribution is 2.30. The minimum Gasteiger partial charge on any atom is -0.352 e. The number of hydrogen-bond donors (Lipinski definition) is 1. The molecule has 3 amide bonds. The van der Waals surface area contributed by atoms with Gasteiger partial charge in [-0.1, -0.05) is 42.8 Å². The molecule has 10 heteroatoms. The van der Waals surface area contributed by atoms with E-state index in [0.717, 1.165) is 16.3 Å². The first-order valence-corrected chi connectivity index (χ1v) is 12.9. The molecule has 0 fully saturated rings. The Kier molecular flexibility index (Phi) is 7.99. The predicted molar refractivity (Wildman–Crippen MR) is 129 cm³/mol. The molecule has 1 heterocycles. The van der Waals surface area contributed by atoms with Crippen molar-refractivity contribution in [3.05, 3.63) is 64.7 Å². The summed E-state index contributed by atoms with van der Waals surface area (Å²) < 4.78 is 26.3. The van der Waals surface area contributed by atoms with E-state index in [-0.39, 0.29) is 41.9 Å². The zero-order valence-electron chi connectivity index (χ0n) is 19.3. The lowest BCUT2D eigenvalue weighted by atomic mass is 10.1. The number of rotatable bonds is 9. The van der Waals surface area contributed by atoms with Gasteiger partial charge in [-0.25, -0.2) is 12.7 Å². The van der Waals surface area contributed by atoms with Crippen molar-refractivity contribution in [1.82, 2.24) is 14.5 Å². The van der Waals surface area contributed by atoms with E-state index in [1.807, 2.05) is 13.8 Å². The average Bonchev–Trinajstić information content (AvgIpc) is 3.00. The number of carbonyl (C=O) groups excluding carboxylic acids is 3. The molecule has 0 unspecified atom stereocenters. The van der Waals surface area contributed by atoms with Crippen molar-refractivity contribution in [2.75, 3.05) is 6.54 Å². The lowest BCUT2D eigenvalue weighted by Crippen LogP contribution is -2.50. The van der Waals surface area contributed by atoms with Crippen LogP contribution in [0.1, 0.15) is 49.5 Å². The van der Waals surface area contributed by atoms with Gasteiger partial charge in [0.1, 0.15) is 10.9 Å². The molecule has 1 N–H and O–H groups in total. The Morgan fingerprint density at radius 1 is 1.12 bits per heavy atom. The number of halogens is 1. The molecule has 0 bridgehead atoms. The van der Waals surface area contributed by atoms with Crippen molar-refractivity contribution in [2.24, 2.45) is 0 Å². The van der Waals surface area contributed by atoms with Crippen LogP contribution in [-0.2, 0) is 26.2 Å². The molecule has 1 aliphatic rings. The van der Waals surface area contributed by atoms with Gasteiger partial charge < -0.3 is 10.2 Å². The van der Waals surface area contributed by atoms with Crippen molar-refractivity contribution >= 4 is 39.3 Å². The second-order valence-corrected chi connectivity index (χ2v) is 10.5. The SMILES string of the molecule is CC[C@@H](C)NC(=O)[C@@H](C)N(Cc1cccc(Cl)c1)C(=O)CCN1C(=O)c2ccccc2S1(=O)=O. The Morgan fingerprint density at radius 2 is 1.82 bits per heavy atom. The first-order valence-electron chi connectivity index (χ1n) is 11.1. The molecule has 1 aliphatic heterocycles. The largest absolute Gasteiger partial charge is 0.352 e. The molecule has 8 nitrogen and oxygen atoms in total. The molecule has 182 valence electrons. The number of hydrogen-bond acceptors (Lipinski definition) is 5. The lowest BCUT2D eigenvalue weighted by molar-refractivity contribution is -0.140. The summed E-state index contributed by atoms with van der Waals surface area (Å²) in [6.45, 7) is 5.22. The number of carbonyl (C=O) groups is 3. The van der Waals surface area contributed by atoms with E-state index in [9.17, 15) is 22.8 Å². The molecule has 0 spiro atoms. The highest BCUT2D eigenvalue weighted by Gasteiger charge is 2.41. The van der Waals surface area contributed by atoms with Gasteiger partial charge in [0.2, 0.25) is 11.8 Å². The van der Waals surface area contributed by atoms with Gasteiger partial charge in [0, 0.05) is 30.6 Å². The smallest absolute Gasteiger partial charge is 0.269 e. The van der Waals surface area contributed by atoms with E-state index >= 15 is 0 Å². The van der Waals surface area contributed by atoms with Crippen molar-refractivity contribution in [1.29, 1.82) is 0 Å². The monoisotopic (exact) mass is 505 g/mol. The first kappa shape index (κ1) is 25.7. The minimum atomic E-state index is -4.02. The lowest BCUT2D eigenvalue weighted by Gasteiger charge is -2.30. The van der Waals surface area contributed by atoms with Crippen LogP contribution in [0.4, 0.5) is 0 Å². The summed E-state index contributed by atoms with van der Waals surface area (Å²) in [4.78, 5) is 40.0. The zero-order chi connectivity index (χ0) is 25.0. The fourth-order valence-electron chi connectivity index (χ4n) is 3.67. The van der Waals surface area contributed by atoms with E-state index in [1.54, 1.807) is 43.3 Å². The van der Waals surface area contributed by atoms with Crippen molar-refractivity contribution in [2.45, 2.75) is 57.1 Å². The van der Waals surface area contributed by atoms with Gasteiger partial charge >= 0.3 is 0 Å². The third-order valence-corrected chi connectivity index (χ3v) is 7.93. The van der Waals surface area contributed by atoms with Crippen LogP contribution in [0.15, 0.2) is 53.4 Å². The molecular formula is C24H28ClN3O5S. The number of fused-ring (bicyclic) bond motifs is 1. The summed E-state index contributed by atoms with van der Waals surface area (Å²) in [5.41, 5.74) is 0.813. The highest BCUT2D eigenvalue weighted by molar-refractivity contribution is 7.90. The molecule has 2 aromatic carbocycles. The Labute approximate surface area is 204 Å². The number of nitrogens with zero attached hydrogens (tertiary/aromatic N) is 2. The first-order chi connectivity index (χ1) is 16.1. The summed E-state index contributed by atoms with van der Waals surface area (Å²) in [5.74, 6) is -1.43. The molecule has 0 aromatic heterocycles. The van der Waals surface area contributed by atoms with Gasteiger partial charge in [0.05, 0.1) is 5.56 Å². The summed E-state index contributed by atoms with van der Waals surface area (Å²) in [6.07, 6.45) is 0.469. The van der Waals surface area contributed by atoms with E-state index in [0.29, 0.717) is 5.02 Å². The van der Waals surface area contributed by atoms with Gasteiger partial charge in [0.15, 0.2) is 0 Å². The highest BCUT2D eigenvalue weighted by atomic mass is 35.5. The molecule has 3 rings (SSSR count). The van der Waals surface area contributed by atoms with Crippen LogP contribution in [0.3, 0.4) is 0 Å². The molecule has 2 aromatic rings. The number of sulfonamides is 1. The fraction of sp³-hybridized carbons (Fsp3) is 0.375. The van der Waals surface area contributed by atoms with Crippen LogP contribution in [0.25, 0.3) is 0 Å². The Hall–Kier alpha value is -2.91. The molecular weight excluding hydrogens is 478 g/mol. The van der Waals surface area contributed by atoms with Crippen LogP contribution < -0.4 is 5.32 Å². The number of benzene rings is 2. The number of amides is 3. The molecule has 0 aliphatic carbocycles. The Balaban J connectivity index is 1.79. The van der Waals surface area contributed by atoms with Gasteiger partial charge in [-0.2, -0.15) is 0 Å². The topological polar surface area (TPSA) is 104 Å². The summed E-state index contributed by atoms with van der Waals surface area (Å²) in [6, 6.07) is 12.0. The van der Waals surface area contributed by atoms with Crippen LogP contribution in [0.5, 0.6) is 0 Å². The maximum atomic E-state index is 13.3. The van der Waals surface area contributed by atoms with Gasteiger partial charge in [-0.15, -0.1) is 0 Å². The van der Waals surface area contributed by atoms with Crippen LogP contribution in [0, 0.1) is 0 Å². The standard InChI is InChI=1S/C24H28ClN3O5S/c1-4-16(2)26-23(30)17(3)27(15-18-8-7-9-19(25)14-18)22(29)12-13-28-24(31)20-10-5-6-11-21(20)34(28,32)33/h5-11,14,16-17H,4,12-13,15H2,1-3H3,(H,26,30)/t16-,17-/m1/s1. The zero-order valence-corrected chi connectivity index (χ0v) is 20.9. The third-order valence-electron chi connectivity index (χ3n) is 5.85. The molecule has 34 heavy (non-hydrogen) atoms. The van der Waals surface area contributed by atoms with E-state index in [1.165, 1.54) is 17.0 Å². The van der Waals surface area contributed by atoms with Crippen molar-refractivity contribution in [3.63, 3.8) is 0 Å². The molecule has 2 atom stereocenters. The van der Waals surface area contributed by atoms with Gasteiger partial charge in [-0.05, 0) is 50.1 Å². The molecule has 0 radical (unpaired) electrons. The predicted octanol–water partition coefficient (Wildman–Crippen LogP) is 3.21. The van der Waals surface area contributed by atoms with E-state index < -0.39 is 27.9 Å². The average molecular weight is 506 g/mol. The van der Waals surface area contributed by atoms with Gasteiger partial charge in [0.25, 0.3) is 15.9 Å². The quantitative estimate of drug-likeness (QED) is 0.563. The Morgan fingerprint density at radius 3 is 2.47 bits per heavy atom. The second-order valence-electron chi connectivity index (χ2n) is 8.27. The second kappa shape index (κ2) is 10.6. The van der Waals surface area contributed by atoms with Gasteiger partial charge in [-0.3, -0.25) is 14.4 Å². The maximum Gasteiger partial charge on any atom is 0.269 e. The Bertz CT molecular complexity index is 1200. The van der Waals surface area contributed by atoms with Crippen molar-refractivity contribution < 1.29 is 22.8 Å². The van der Waals surface area contributed by atoms with E-state index in [2.05, 4.69) is 5.32 Å². The van der Waals surface area contributed by atoms with Crippen LogP contribution in [-0.4, -0.2) is 54.0 Å². The van der Waals surface area contributed by atoms with Crippen LogP contribution >= 0.6 is 11.6 Å². The molecule has 0 saturated heterocycles. The number of nitrogens with one attached hydrogen (secondary N) is 1. The normalized spacial score (nSPS) is 16.0. The summed E-state index contributed by atoms with van der Waals surface area (Å²) in [5, 5.41) is 3.37. The fourth-order valence-corrected chi connectivity index (χ4v) is 5.46. The minimum absolute atomic E-state index is 0.0652. The van der Waals surface area contributed by atoms with Crippen molar-refractivity contribution in [3.8, 4) is 0 Å².